The fourth-order valence-corrected chi connectivity index (χ4v) is 2.85. The number of hydrogen-bond acceptors (Lipinski definition) is 3. The monoisotopic (exact) mass is 276 g/mol. The molecule has 0 atom stereocenters. The highest BCUT2D eigenvalue weighted by atomic mass is 32.1. The van der Waals surface area contributed by atoms with Crippen LogP contribution in [0.3, 0.4) is 0 Å². The molecule has 2 aromatic heterocycles. The van der Waals surface area contributed by atoms with E-state index < -0.39 is 0 Å². The number of aromatic nitrogens is 1. The van der Waals surface area contributed by atoms with Gasteiger partial charge in [-0.1, -0.05) is 13.0 Å². The van der Waals surface area contributed by atoms with Gasteiger partial charge in [0, 0.05) is 37.3 Å². The minimum Gasteiger partial charge on any atom is -0.319 e. The molecule has 0 radical (unpaired) electrons. The second-order valence-electron chi connectivity index (χ2n) is 4.77. The van der Waals surface area contributed by atoms with Crippen LogP contribution in [0.5, 0.6) is 0 Å². The third-order valence-electron chi connectivity index (χ3n) is 3.07. The van der Waals surface area contributed by atoms with E-state index >= 15 is 0 Å². The zero-order valence-corrected chi connectivity index (χ0v) is 12.3. The summed E-state index contributed by atoms with van der Waals surface area (Å²) >= 11 is 1.79. The van der Waals surface area contributed by atoms with Crippen LogP contribution >= 0.6 is 11.3 Å². The maximum atomic E-state index is 11.6. The Morgan fingerprint density at radius 1 is 1.32 bits per heavy atom. The van der Waals surface area contributed by atoms with E-state index in [1.165, 1.54) is 4.88 Å². The number of nitrogens with zero attached hydrogens (tertiary/aromatic N) is 2. The van der Waals surface area contributed by atoms with E-state index in [2.05, 4.69) is 29.3 Å². The van der Waals surface area contributed by atoms with E-state index in [1.54, 1.807) is 29.0 Å². The van der Waals surface area contributed by atoms with Crippen molar-refractivity contribution < 1.29 is 0 Å². The van der Waals surface area contributed by atoms with Gasteiger partial charge in [0.05, 0.1) is 0 Å². The smallest absolute Gasteiger partial charge is 0.250 e. The van der Waals surface area contributed by atoms with Crippen molar-refractivity contribution in [3.8, 4) is 0 Å². The Hall–Kier alpha value is -1.39. The fourth-order valence-electron chi connectivity index (χ4n) is 2.10. The summed E-state index contributed by atoms with van der Waals surface area (Å²) in [4.78, 5) is 15.4. The van der Waals surface area contributed by atoms with Crippen molar-refractivity contribution in [2.75, 3.05) is 6.54 Å². The lowest BCUT2D eigenvalue weighted by molar-refractivity contribution is 0.259. The summed E-state index contributed by atoms with van der Waals surface area (Å²) in [6, 6.07) is 8.01. The molecule has 0 aliphatic heterocycles. The summed E-state index contributed by atoms with van der Waals surface area (Å²) in [6.07, 6.45) is 2.96. The SMILES string of the molecule is CCCN(Cc1ccn(C)c(=O)c1)Cc1cccs1. The molecule has 2 aromatic rings. The molecule has 19 heavy (non-hydrogen) atoms. The highest BCUT2D eigenvalue weighted by Gasteiger charge is 2.07. The predicted molar refractivity (Wildman–Crippen MR) is 80.4 cm³/mol. The van der Waals surface area contributed by atoms with Crippen molar-refractivity contribution in [3.05, 3.63) is 56.6 Å². The van der Waals surface area contributed by atoms with Gasteiger partial charge in [-0.3, -0.25) is 9.69 Å². The largest absolute Gasteiger partial charge is 0.319 e. The zero-order chi connectivity index (χ0) is 13.7. The molecule has 0 spiro atoms. The fraction of sp³-hybridized carbons (Fsp3) is 0.400. The number of pyridine rings is 1. The number of rotatable bonds is 6. The van der Waals surface area contributed by atoms with Gasteiger partial charge in [-0.05, 0) is 36.0 Å². The average molecular weight is 276 g/mol. The summed E-state index contributed by atoms with van der Waals surface area (Å²) < 4.78 is 1.60. The lowest BCUT2D eigenvalue weighted by Crippen LogP contribution is -2.24. The van der Waals surface area contributed by atoms with Gasteiger partial charge >= 0.3 is 0 Å². The topological polar surface area (TPSA) is 25.2 Å². The van der Waals surface area contributed by atoms with E-state index in [4.69, 9.17) is 0 Å². The van der Waals surface area contributed by atoms with Crippen LogP contribution < -0.4 is 5.56 Å². The maximum absolute atomic E-state index is 11.6. The van der Waals surface area contributed by atoms with Crippen LogP contribution in [0, 0.1) is 0 Å². The van der Waals surface area contributed by atoms with Gasteiger partial charge in [-0.15, -0.1) is 11.3 Å². The molecular weight excluding hydrogens is 256 g/mol. The van der Waals surface area contributed by atoms with Crippen molar-refractivity contribution in [2.45, 2.75) is 26.4 Å². The predicted octanol–water partition coefficient (Wildman–Crippen LogP) is 2.86. The van der Waals surface area contributed by atoms with Crippen LogP contribution in [0.2, 0.25) is 0 Å². The third kappa shape index (κ3) is 4.04. The van der Waals surface area contributed by atoms with Crippen molar-refractivity contribution in [2.24, 2.45) is 7.05 Å². The second kappa shape index (κ2) is 6.68. The molecule has 102 valence electrons. The maximum Gasteiger partial charge on any atom is 0.250 e. The molecule has 0 aromatic carbocycles. The van der Waals surface area contributed by atoms with Gasteiger partial charge < -0.3 is 4.57 Å². The summed E-state index contributed by atoms with van der Waals surface area (Å²) in [6.45, 7) is 5.03. The van der Waals surface area contributed by atoms with Gasteiger partial charge in [0.2, 0.25) is 0 Å². The normalized spacial score (nSPS) is 11.1. The molecule has 3 nitrogen and oxygen atoms in total. The molecule has 0 aliphatic carbocycles. The Kier molecular flexibility index (Phi) is 4.93. The minimum absolute atomic E-state index is 0.0603. The molecule has 0 aliphatic rings. The van der Waals surface area contributed by atoms with Gasteiger partial charge in [-0.2, -0.15) is 0 Å². The molecule has 0 bridgehead atoms. The molecule has 4 heteroatoms. The standard InChI is InChI=1S/C15H20N2OS/c1-3-7-17(12-14-5-4-9-19-14)11-13-6-8-16(2)15(18)10-13/h4-6,8-10H,3,7,11-12H2,1-2H3. The molecular formula is C15H20N2OS. The molecule has 2 heterocycles. The summed E-state index contributed by atoms with van der Waals surface area (Å²) in [5, 5.41) is 2.11. The van der Waals surface area contributed by atoms with Crippen molar-refractivity contribution in [1.29, 1.82) is 0 Å². The summed E-state index contributed by atoms with van der Waals surface area (Å²) in [7, 11) is 1.78. The highest BCUT2D eigenvalue weighted by Crippen LogP contribution is 2.14. The average Bonchev–Trinajstić information content (AvgIpc) is 2.87. The molecule has 0 amide bonds. The quantitative estimate of drug-likeness (QED) is 0.810. The molecule has 0 N–H and O–H groups in total. The van der Waals surface area contributed by atoms with Crippen LogP contribution in [0.4, 0.5) is 0 Å². The number of thiophene rings is 1. The van der Waals surface area contributed by atoms with Crippen LogP contribution in [-0.4, -0.2) is 16.0 Å². The Balaban J connectivity index is 2.07. The first-order valence-electron chi connectivity index (χ1n) is 6.59. The van der Waals surface area contributed by atoms with Gasteiger partial charge in [-0.25, -0.2) is 0 Å². The van der Waals surface area contributed by atoms with Crippen molar-refractivity contribution in [3.63, 3.8) is 0 Å². The van der Waals surface area contributed by atoms with Gasteiger partial charge in [0.1, 0.15) is 0 Å². The highest BCUT2D eigenvalue weighted by molar-refractivity contribution is 7.09. The van der Waals surface area contributed by atoms with Gasteiger partial charge in [0.15, 0.2) is 0 Å². The van der Waals surface area contributed by atoms with Crippen molar-refractivity contribution >= 4 is 11.3 Å². The molecule has 0 unspecified atom stereocenters. The molecule has 0 saturated heterocycles. The van der Waals surface area contributed by atoms with Crippen LogP contribution in [0.15, 0.2) is 40.6 Å². The number of aryl methyl sites for hydroxylation is 1. The van der Waals surface area contributed by atoms with E-state index in [9.17, 15) is 4.79 Å². The number of hydrogen-bond donors (Lipinski definition) is 0. The third-order valence-corrected chi connectivity index (χ3v) is 3.94. The first kappa shape index (κ1) is 14.0. The molecule has 2 rings (SSSR count). The van der Waals surface area contributed by atoms with E-state index in [0.717, 1.165) is 31.6 Å². The first-order valence-corrected chi connectivity index (χ1v) is 7.47. The Labute approximate surface area is 118 Å². The molecule has 0 fully saturated rings. The molecule has 0 saturated carbocycles. The van der Waals surface area contributed by atoms with Crippen LogP contribution in [0.25, 0.3) is 0 Å². The van der Waals surface area contributed by atoms with E-state index in [-0.39, 0.29) is 5.56 Å². The van der Waals surface area contributed by atoms with Gasteiger partial charge in [0.25, 0.3) is 5.56 Å². The van der Waals surface area contributed by atoms with Crippen LogP contribution in [-0.2, 0) is 20.1 Å². The van der Waals surface area contributed by atoms with Crippen molar-refractivity contribution in [1.82, 2.24) is 9.47 Å². The Morgan fingerprint density at radius 2 is 2.16 bits per heavy atom. The lowest BCUT2D eigenvalue weighted by atomic mass is 10.2. The minimum atomic E-state index is 0.0603. The summed E-state index contributed by atoms with van der Waals surface area (Å²) in [5.41, 5.74) is 1.15. The zero-order valence-electron chi connectivity index (χ0n) is 11.5. The first-order chi connectivity index (χ1) is 9.19. The van der Waals surface area contributed by atoms with Crippen LogP contribution in [0.1, 0.15) is 23.8 Å². The van der Waals surface area contributed by atoms with E-state index in [0.29, 0.717) is 0 Å². The Bertz CT molecular complexity index is 560. The lowest BCUT2D eigenvalue weighted by Gasteiger charge is -2.21. The van der Waals surface area contributed by atoms with E-state index in [1.807, 2.05) is 12.3 Å². The summed E-state index contributed by atoms with van der Waals surface area (Å²) in [5.74, 6) is 0. The Morgan fingerprint density at radius 3 is 2.79 bits per heavy atom. The second-order valence-corrected chi connectivity index (χ2v) is 5.81.